The van der Waals surface area contributed by atoms with Gasteiger partial charge in [0.15, 0.2) is 0 Å². The molecular weight excluding hydrogens is 395 g/mol. The molecule has 158 valence electrons. The van der Waals surface area contributed by atoms with Gasteiger partial charge >= 0.3 is 6.03 Å². The van der Waals surface area contributed by atoms with E-state index in [9.17, 15) is 14.0 Å². The number of pyridine rings is 1. The van der Waals surface area contributed by atoms with Gasteiger partial charge in [-0.15, -0.1) is 0 Å². The zero-order chi connectivity index (χ0) is 21.8. The van der Waals surface area contributed by atoms with Crippen LogP contribution in [0.4, 0.5) is 20.7 Å². The van der Waals surface area contributed by atoms with Crippen LogP contribution in [0.2, 0.25) is 0 Å². The molecule has 0 spiro atoms. The number of carbonyl (C=O) groups excluding carboxylic acids is 2. The van der Waals surface area contributed by atoms with Crippen LogP contribution in [0.1, 0.15) is 16.7 Å². The molecule has 0 atom stereocenters. The van der Waals surface area contributed by atoms with Crippen molar-refractivity contribution in [2.45, 2.75) is 19.9 Å². The molecule has 1 aliphatic heterocycles. The van der Waals surface area contributed by atoms with Crippen molar-refractivity contribution in [3.63, 3.8) is 0 Å². The number of carbonyl (C=O) groups is 2. The lowest BCUT2D eigenvalue weighted by atomic mass is 10.1. The third-order valence-corrected chi connectivity index (χ3v) is 5.30. The summed E-state index contributed by atoms with van der Waals surface area (Å²) in [5, 5.41) is 2.85. The molecule has 1 fully saturated rings. The molecule has 31 heavy (non-hydrogen) atoms. The summed E-state index contributed by atoms with van der Waals surface area (Å²) in [7, 11) is 0. The Kier molecular flexibility index (Phi) is 5.93. The van der Waals surface area contributed by atoms with E-state index >= 15 is 0 Å². The fourth-order valence-corrected chi connectivity index (χ4v) is 3.56. The quantitative estimate of drug-likeness (QED) is 0.654. The van der Waals surface area contributed by atoms with Gasteiger partial charge in [-0.25, -0.2) is 14.2 Å². The van der Waals surface area contributed by atoms with Gasteiger partial charge in [-0.05, 0) is 47.9 Å². The van der Waals surface area contributed by atoms with E-state index in [-0.39, 0.29) is 24.2 Å². The summed E-state index contributed by atoms with van der Waals surface area (Å²) in [4.78, 5) is 32.7. The van der Waals surface area contributed by atoms with Crippen LogP contribution in [0.5, 0.6) is 0 Å². The van der Waals surface area contributed by atoms with Crippen LogP contribution in [-0.4, -0.2) is 34.9 Å². The minimum Gasteiger partial charge on any atom is -0.324 e. The monoisotopic (exact) mass is 418 g/mol. The molecule has 3 aromatic rings. The van der Waals surface area contributed by atoms with E-state index in [1.807, 2.05) is 31.2 Å². The predicted molar refractivity (Wildman–Crippen MR) is 117 cm³/mol. The van der Waals surface area contributed by atoms with E-state index in [0.29, 0.717) is 31.1 Å². The third kappa shape index (κ3) is 4.88. The number of rotatable bonds is 6. The van der Waals surface area contributed by atoms with Gasteiger partial charge < -0.3 is 10.2 Å². The maximum atomic E-state index is 13.1. The molecule has 7 heteroatoms. The summed E-state index contributed by atoms with van der Waals surface area (Å²) in [6, 6.07) is 17.2. The maximum absolute atomic E-state index is 13.1. The highest BCUT2D eigenvalue weighted by molar-refractivity contribution is 5.94. The molecular formula is C24H23FN4O2. The first-order valence-corrected chi connectivity index (χ1v) is 10.1. The van der Waals surface area contributed by atoms with E-state index in [1.165, 1.54) is 12.1 Å². The van der Waals surface area contributed by atoms with Crippen molar-refractivity contribution in [3.05, 3.63) is 89.4 Å². The number of aromatic nitrogens is 1. The van der Waals surface area contributed by atoms with Gasteiger partial charge in [0.05, 0.1) is 18.3 Å². The van der Waals surface area contributed by atoms with Gasteiger partial charge in [0.1, 0.15) is 11.6 Å². The molecule has 1 N–H and O–H groups in total. The van der Waals surface area contributed by atoms with E-state index < -0.39 is 0 Å². The van der Waals surface area contributed by atoms with Crippen molar-refractivity contribution in [2.24, 2.45) is 0 Å². The summed E-state index contributed by atoms with van der Waals surface area (Å²) < 4.78 is 13.1. The molecule has 0 saturated carbocycles. The van der Waals surface area contributed by atoms with Gasteiger partial charge in [-0.2, -0.15) is 0 Å². The second kappa shape index (κ2) is 8.95. The smallest absolute Gasteiger partial charge is 0.324 e. The molecule has 4 rings (SSSR count). The number of aryl methyl sites for hydroxylation is 1. The minimum absolute atomic E-state index is 0.119. The summed E-state index contributed by atoms with van der Waals surface area (Å²) >= 11 is 0. The first kappa shape index (κ1) is 20.5. The summed E-state index contributed by atoms with van der Waals surface area (Å²) in [5.41, 5.74) is 3.51. The van der Waals surface area contributed by atoms with Crippen molar-refractivity contribution in [3.8, 4) is 0 Å². The fraction of sp³-hybridized carbons (Fsp3) is 0.208. The molecule has 1 aliphatic rings. The van der Waals surface area contributed by atoms with Crippen LogP contribution in [0, 0.1) is 12.7 Å². The normalized spacial score (nSPS) is 13.5. The molecule has 6 nitrogen and oxygen atoms in total. The second-order valence-corrected chi connectivity index (χ2v) is 7.54. The van der Waals surface area contributed by atoms with Crippen molar-refractivity contribution < 1.29 is 14.0 Å². The Hall–Kier alpha value is -3.74. The molecule has 2 heterocycles. The van der Waals surface area contributed by atoms with Crippen LogP contribution >= 0.6 is 0 Å². The van der Waals surface area contributed by atoms with Crippen molar-refractivity contribution in [2.75, 3.05) is 23.3 Å². The average molecular weight is 418 g/mol. The summed E-state index contributed by atoms with van der Waals surface area (Å²) in [6.07, 6.45) is 1.85. The van der Waals surface area contributed by atoms with Crippen LogP contribution in [0.3, 0.4) is 0 Å². The summed E-state index contributed by atoms with van der Waals surface area (Å²) in [6.45, 7) is 3.48. The van der Waals surface area contributed by atoms with Gasteiger partial charge in [0.2, 0.25) is 5.91 Å². The molecule has 1 aromatic heterocycles. The third-order valence-electron chi connectivity index (χ3n) is 5.30. The van der Waals surface area contributed by atoms with Gasteiger partial charge in [-0.3, -0.25) is 9.69 Å². The van der Waals surface area contributed by atoms with Crippen LogP contribution in [0.15, 0.2) is 66.9 Å². The molecule has 0 aliphatic carbocycles. The number of urea groups is 1. The fourth-order valence-electron chi connectivity index (χ4n) is 3.56. The molecule has 1 saturated heterocycles. The zero-order valence-electron chi connectivity index (χ0n) is 17.2. The average Bonchev–Trinajstić information content (AvgIpc) is 3.12. The van der Waals surface area contributed by atoms with Crippen LogP contribution < -0.4 is 10.2 Å². The number of hydrogen-bond acceptors (Lipinski definition) is 3. The van der Waals surface area contributed by atoms with E-state index in [0.717, 1.165) is 16.7 Å². The first-order valence-electron chi connectivity index (χ1n) is 10.1. The largest absolute Gasteiger partial charge is 0.326 e. The van der Waals surface area contributed by atoms with Crippen LogP contribution in [-0.2, 0) is 17.8 Å². The van der Waals surface area contributed by atoms with Crippen molar-refractivity contribution >= 4 is 23.4 Å². The lowest BCUT2D eigenvalue weighted by molar-refractivity contribution is -0.115. The Morgan fingerprint density at radius 2 is 1.84 bits per heavy atom. The first-order chi connectivity index (χ1) is 15.0. The van der Waals surface area contributed by atoms with Gasteiger partial charge in [0, 0.05) is 19.6 Å². The molecule has 3 amide bonds. The van der Waals surface area contributed by atoms with Crippen molar-refractivity contribution in [1.29, 1.82) is 0 Å². The standard InChI is InChI=1S/C24H23FN4O2/c1-17-4-2-3-5-19(17)14-23(30)27-21-10-11-22(26-15-21)29-13-12-28(24(29)31)16-18-6-8-20(25)9-7-18/h2-11,15H,12-14,16H2,1H3,(H,27,30). The highest BCUT2D eigenvalue weighted by Crippen LogP contribution is 2.21. The lowest BCUT2D eigenvalue weighted by Gasteiger charge is -2.18. The Balaban J connectivity index is 1.35. The van der Waals surface area contributed by atoms with E-state index in [1.54, 1.807) is 40.3 Å². The summed E-state index contributed by atoms with van der Waals surface area (Å²) in [5.74, 6) is 0.114. The maximum Gasteiger partial charge on any atom is 0.326 e. The van der Waals surface area contributed by atoms with Crippen LogP contribution in [0.25, 0.3) is 0 Å². The second-order valence-electron chi connectivity index (χ2n) is 7.54. The molecule has 2 aromatic carbocycles. The molecule has 0 bridgehead atoms. The van der Waals surface area contributed by atoms with E-state index in [4.69, 9.17) is 0 Å². The molecule has 0 unspecified atom stereocenters. The number of nitrogens with zero attached hydrogens (tertiary/aromatic N) is 3. The highest BCUT2D eigenvalue weighted by Gasteiger charge is 2.30. The number of benzene rings is 2. The number of halogens is 1. The van der Waals surface area contributed by atoms with Gasteiger partial charge in [0.25, 0.3) is 0 Å². The molecule has 0 radical (unpaired) electrons. The SMILES string of the molecule is Cc1ccccc1CC(=O)Nc1ccc(N2CCN(Cc3ccc(F)cc3)C2=O)nc1. The Labute approximate surface area is 180 Å². The van der Waals surface area contributed by atoms with Crippen molar-refractivity contribution in [1.82, 2.24) is 9.88 Å². The topological polar surface area (TPSA) is 65.5 Å². The Morgan fingerprint density at radius 3 is 2.55 bits per heavy atom. The lowest BCUT2D eigenvalue weighted by Crippen LogP contribution is -2.31. The number of hydrogen-bond donors (Lipinski definition) is 1. The Morgan fingerprint density at radius 1 is 1.06 bits per heavy atom. The zero-order valence-corrected chi connectivity index (χ0v) is 17.2. The number of anilines is 2. The Bertz CT molecular complexity index is 1080. The predicted octanol–water partition coefficient (Wildman–Crippen LogP) is 4.15. The van der Waals surface area contributed by atoms with E-state index in [2.05, 4.69) is 10.3 Å². The minimum atomic E-state index is -0.298. The number of nitrogens with one attached hydrogen (secondary N) is 1. The number of amides is 3. The van der Waals surface area contributed by atoms with Gasteiger partial charge in [-0.1, -0.05) is 36.4 Å². The highest BCUT2D eigenvalue weighted by atomic mass is 19.1.